The standard InChI is InChI=1S/C11H16O4/c1-7-9(10(12)14-4)5-8(15-7)6-11(2,3)13/h5,13H,6H2,1-4H3. The van der Waals surface area contributed by atoms with E-state index in [1.165, 1.54) is 7.11 Å². The topological polar surface area (TPSA) is 59.7 Å². The molecule has 1 rings (SSSR count). The summed E-state index contributed by atoms with van der Waals surface area (Å²) >= 11 is 0. The zero-order valence-corrected chi connectivity index (χ0v) is 9.46. The van der Waals surface area contributed by atoms with Gasteiger partial charge in [-0.25, -0.2) is 4.79 Å². The highest BCUT2D eigenvalue weighted by atomic mass is 16.5. The minimum atomic E-state index is -0.850. The van der Waals surface area contributed by atoms with Crippen LogP contribution >= 0.6 is 0 Å². The third-order valence-electron chi connectivity index (χ3n) is 1.98. The average molecular weight is 212 g/mol. The Labute approximate surface area is 88.8 Å². The van der Waals surface area contributed by atoms with Crippen LogP contribution in [0.2, 0.25) is 0 Å². The van der Waals surface area contributed by atoms with Gasteiger partial charge in [0.1, 0.15) is 17.1 Å². The van der Waals surface area contributed by atoms with Crippen molar-refractivity contribution in [1.29, 1.82) is 0 Å². The zero-order chi connectivity index (χ0) is 11.6. The lowest BCUT2D eigenvalue weighted by Crippen LogP contribution is -2.21. The molecule has 1 N–H and O–H groups in total. The molecule has 0 radical (unpaired) electrons. The molecule has 0 saturated heterocycles. The number of hydrogen-bond acceptors (Lipinski definition) is 4. The van der Waals surface area contributed by atoms with Crippen LogP contribution in [0.25, 0.3) is 0 Å². The smallest absolute Gasteiger partial charge is 0.341 e. The SMILES string of the molecule is COC(=O)c1cc(CC(C)(C)O)oc1C. The second kappa shape index (κ2) is 4.06. The van der Waals surface area contributed by atoms with Gasteiger partial charge in [-0.15, -0.1) is 0 Å². The van der Waals surface area contributed by atoms with Gasteiger partial charge in [0, 0.05) is 6.42 Å². The number of methoxy groups -OCH3 is 1. The average Bonchev–Trinajstić information content (AvgIpc) is 2.42. The van der Waals surface area contributed by atoms with Crippen LogP contribution in [0, 0.1) is 6.92 Å². The summed E-state index contributed by atoms with van der Waals surface area (Å²) in [5.41, 5.74) is -0.436. The van der Waals surface area contributed by atoms with Crippen LogP contribution in [-0.4, -0.2) is 23.8 Å². The lowest BCUT2D eigenvalue weighted by atomic mass is 10.0. The fraction of sp³-hybridized carbons (Fsp3) is 0.545. The molecule has 4 heteroatoms. The van der Waals surface area contributed by atoms with E-state index in [-0.39, 0.29) is 0 Å². The van der Waals surface area contributed by atoms with Gasteiger partial charge < -0.3 is 14.3 Å². The maximum absolute atomic E-state index is 11.3. The Morgan fingerprint density at radius 2 is 2.20 bits per heavy atom. The summed E-state index contributed by atoms with van der Waals surface area (Å²) in [7, 11) is 1.32. The Bertz CT molecular complexity index is 357. The van der Waals surface area contributed by atoms with Crippen LogP contribution in [0.15, 0.2) is 10.5 Å². The summed E-state index contributed by atoms with van der Waals surface area (Å²) in [6.45, 7) is 5.06. The normalized spacial score (nSPS) is 11.5. The van der Waals surface area contributed by atoms with Gasteiger partial charge in [0.15, 0.2) is 0 Å². The van der Waals surface area contributed by atoms with Crippen molar-refractivity contribution in [2.24, 2.45) is 0 Å². The van der Waals surface area contributed by atoms with Crippen LogP contribution < -0.4 is 0 Å². The molecule has 4 nitrogen and oxygen atoms in total. The van der Waals surface area contributed by atoms with E-state index in [0.717, 1.165) is 0 Å². The van der Waals surface area contributed by atoms with E-state index in [0.29, 0.717) is 23.5 Å². The molecule has 0 aliphatic rings. The van der Waals surface area contributed by atoms with Crippen molar-refractivity contribution in [3.05, 3.63) is 23.2 Å². The lowest BCUT2D eigenvalue weighted by molar-refractivity contribution is 0.0598. The van der Waals surface area contributed by atoms with Crippen LogP contribution in [0.5, 0.6) is 0 Å². The summed E-state index contributed by atoms with van der Waals surface area (Å²) in [4.78, 5) is 11.3. The minimum absolute atomic E-state index is 0.366. The number of rotatable bonds is 3. The van der Waals surface area contributed by atoms with E-state index >= 15 is 0 Å². The monoisotopic (exact) mass is 212 g/mol. The molecule has 0 aromatic carbocycles. The number of esters is 1. The Hall–Kier alpha value is -1.29. The first kappa shape index (κ1) is 11.8. The van der Waals surface area contributed by atoms with Crippen molar-refractivity contribution in [3.8, 4) is 0 Å². The first-order valence-electron chi connectivity index (χ1n) is 4.73. The van der Waals surface area contributed by atoms with Gasteiger partial charge in [-0.05, 0) is 26.8 Å². The van der Waals surface area contributed by atoms with Gasteiger partial charge in [-0.2, -0.15) is 0 Å². The first-order chi connectivity index (χ1) is 6.83. The Morgan fingerprint density at radius 1 is 1.60 bits per heavy atom. The molecule has 1 heterocycles. The van der Waals surface area contributed by atoms with Crippen molar-refractivity contribution >= 4 is 5.97 Å². The van der Waals surface area contributed by atoms with Gasteiger partial charge >= 0.3 is 5.97 Å². The summed E-state index contributed by atoms with van der Waals surface area (Å²) in [5, 5.41) is 9.59. The molecule has 0 aliphatic carbocycles. The Balaban J connectivity index is 2.91. The van der Waals surface area contributed by atoms with E-state index in [1.807, 2.05) is 0 Å². The third kappa shape index (κ3) is 3.09. The summed E-state index contributed by atoms with van der Waals surface area (Å²) in [5.74, 6) is 0.680. The lowest BCUT2D eigenvalue weighted by Gasteiger charge is -2.14. The predicted octanol–water partition coefficient (Wildman–Crippen LogP) is 1.69. The number of aliphatic hydroxyl groups is 1. The molecule has 0 aliphatic heterocycles. The van der Waals surface area contributed by atoms with Gasteiger partial charge in [0.25, 0.3) is 0 Å². The molecule has 0 saturated carbocycles. The first-order valence-corrected chi connectivity index (χ1v) is 4.73. The van der Waals surface area contributed by atoms with Gasteiger partial charge in [0.05, 0.1) is 12.7 Å². The van der Waals surface area contributed by atoms with E-state index in [2.05, 4.69) is 4.74 Å². The Morgan fingerprint density at radius 3 is 2.67 bits per heavy atom. The molecule has 0 amide bonds. The fourth-order valence-electron chi connectivity index (χ4n) is 1.37. The molecular formula is C11H16O4. The minimum Gasteiger partial charge on any atom is -0.465 e. The molecule has 0 fully saturated rings. The fourth-order valence-corrected chi connectivity index (χ4v) is 1.37. The molecule has 1 aromatic rings. The second-order valence-corrected chi connectivity index (χ2v) is 4.16. The van der Waals surface area contributed by atoms with Gasteiger partial charge in [0.2, 0.25) is 0 Å². The van der Waals surface area contributed by atoms with Crippen molar-refractivity contribution in [2.75, 3.05) is 7.11 Å². The third-order valence-corrected chi connectivity index (χ3v) is 1.98. The van der Waals surface area contributed by atoms with E-state index in [9.17, 15) is 9.90 Å². The zero-order valence-electron chi connectivity index (χ0n) is 9.46. The van der Waals surface area contributed by atoms with Gasteiger partial charge in [-0.1, -0.05) is 0 Å². The molecule has 15 heavy (non-hydrogen) atoms. The maximum Gasteiger partial charge on any atom is 0.341 e. The Kier molecular flexibility index (Phi) is 3.19. The van der Waals surface area contributed by atoms with Crippen LogP contribution in [0.1, 0.15) is 35.7 Å². The second-order valence-electron chi connectivity index (χ2n) is 4.16. The number of hydrogen-bond donors (Lipinski definition) is 1. The number of carbonyl (C=O) groups excluding carboxylic acids is 1. The quantitative estimate of drug-likeness (QED) is 0.774. The van der Waals surface area contributed by atoms with Crippen molar-refractivity contribution in [3.63, 3.8) is 0 Å². The molecule has 0 bridgehead atoms. The highest BCUT2D eigenvalue weighted by Gasteiger charge is 2.20. The van der Waals surface area contributed by atoms with Crippen LogP contribution in [0.3, 0.4) is 0 Å². The van der Waals surface area contributed by atoms with E-state index < -0.39 is 11.6 Å². The molecule has 0 atom stereocenters. The predicted molar refractivity (Wildman–Crippen MR) is 54.8 cm³/mol. The highest BCUT2D eigenvalue weighted by molar-refractivity contribution is 5.90. The number of furan rings is 1. The van der Waals surface area contributed by atoms with Crippen molar-refractivity contribution in [1.82, 2.24) is 0 Å². The maximum atomic E-state index is 11.3. The molecule has 0 spiro atoms. The number of aryl methyl sites for hydroxylation is 1. The molecule has 84 valence electrons. The summed E-state index contributed by atoms with van der Waals surface area (Å²) < 4.78 is 9.95. The summed E-state index contributed by atoms with van der Waals surface area (Å²) in [6.07, 6.45) is 0.366. The largest absolute Gasteiger partial charge is 0.465 e. The van der Waals surface area contributed by atoms with Crippen molar-refractivity contribution < 1.29 is 19.1 Å². The number of carbonyl (C=O) groups is 1. The van der Waals surface area contributed by atoms with E-state index in [1.54, 1.807) is 26.8 Å². The van der Waals surface area contributed by atoms with Crippen LogP contribution in [-0.2, 0) is 11.2 Å². The molecular weight excluding hydrogens is 196 g/mol. The summed E-state index contributed by atoms with van der Waals surface area (Å²) in [6, 6.07) is 1.61. The van der Waals surface area contributed by atoms with E-state index in [4.69, 9.17) is 4.42 Å². The highest BCUT2D eigenvalue weighted by Crippen LogP contribution is 2.19. The molecule has 1 aromatic heterocycles. The molecule has 0 unspecified atom stereocenters. The van der Waals surface area contributed by atoms with Gasteiger partial charge in [-0.3, -0.25) is 0 Å². The number of ether oxygens (including phenoxy) is 1. The van der Waals surface area contributed by atoms with Crippen molar-refractivity contribution in [2.45, 2.75) is 32.8 Å². The van der Waals surface area contributed by atoms with Crippen LogP contribution in [0.4, 0.5) is 0 Å².